The van der Waals surface area contributed by atoms with Gasteiger partial charge in [-0.15, -0.1) is 0 Å². The first-order chi connectivity index (χ1) is 7.52. The Hall–Kier alpha value is -1.10. The van der Waals surface area contributed by atoms with Crippen molar-refractivity contribution in [3.8, 4) is 0 Å². The van der Waals surface area contributed by atoms with E-state index < -0.39 is 0 Å². The molecule has 5 nitrogen and oxygen atoms in total. The summed E-state index contributed by atoms with van der Waals surface area (Å²) in [5.41, 5.74) is 10.4. The maximum atomic E-state index is 11.3. The molecule has 1 atom stereocenters. The maximum Gasteiger partial charge on any atom is 0.234 e. The van der Waals surface area contributed by atoms with Crippen molar-refractivity contribution >= 4 is 11.8 Å². The number of nitrogens with zero attached hydrogens (tertiary/aromatic N) is 1. The quantitative estimate of drug-likeness (QED) is 0.593. The Morgan fingerprint density at radius 1 is 1.12 bits per heavy atom. The van der Waals surface area contributed by atoms with Crippen LogP contribution in [0.1, 0.15) is 39.5 Å². The summed E-state index contributed by atoms with van der Waals surface area (Å²) in [6.07, 6.45) is 2.54. The van der Waals surface area contributed by atoms with Gasteiger partial charge in [0.25, 0.3) is 0 Å². The van der Waals surface area contributed by atoms with Gasteiger partial charge in [0.2, 0.25) is 11.8 Å². The second kappa shape index (κ2) is 8.10. The van der Waals surface area contributed by atoms with Crippen LogP contribution in [0.5, 0.6) is 0 Å². The van der Waals surface area contributed by atoms with Crippen LogP contribution in [0.15, 0.2) is 0 Å². The molecule has 0 saturated heterocycles. The molecule has 0 aliphatic heterocycles. The molecule has 0 radical (unpaired) electrons. The van der Waals surface area contributed by atoms with Crippen LogP contribution in [0, 0.1) is 0 Å². The van der Waals surface area contributed by atoms with Gasteiger partial charge in [0.05, 0.1) is 6.04 Å². The Kier molecular flexibility index (Phi) is 7.54. The first-order valence-electron chi connectivity index (χ1n) is 5.84. The van der Waals surface area contributed by atoms with E-state index in [0.29, 0.717) is 6.42 Å². The van der Waals surface area contributed by atoms with Gasteiger partial charge in [-0.2, -0.15) is 0 Å². The molecular weight excluding hydrogens is 206 g/mol. The average molecular weight is 229 g/mol. The highest BCUT2D eigenvalue weighted by Crippen LogP contribution is 2.08. The molecule has 4 N–H and O–H groups in total. The zero-order valence-electron chi connectivity index (χ0n) is 10.2. The summed E-state index contributed by atoms with van der Waals surface area (Å²) in [4.78, 5) is 24.1. The van der Waals surface area contributed by atoms with Crippen molar-refractivity contribution in [1.29, 1.82) is 0 Å². The summed E-state index contributed by atoms with van der Waals surface area (Å²) in [5, 5.41) is 0. The Labute approximate surface area is 97.2 Å². The Bertz CT molecular complexity index is 225. The molecule has 0 heterocycles. The highest BCUT2D eigenvalue weighted by atomic mass is 16.2. The lowest BCUT2D eigenvalue weighted by atomic mass is 10.1. The van der Waals surface area contributed by atoms with Gasteiger partial charge in [0.1, 0.15) is 0 Å². The first kappa shape index (κ1) is 14.9. The standard InChI is InChI=1S/C11H23N3O2/c1-3-7-14(8-4-2)9(11(13)16)5-6-10(12)15/h9H,3-8H2,1-2H3,(H2,12,15)(H2,13,16). The molecular formula is C11H23N3O2. The second-order valence-corrected chi connectivity index (χ2v) is 3.96. The van der Waals surface area contributed by atoms with Gasteiger partial charge < -0.3 is 11.5 Å². The van der Waals surface area contributed by atoms with Crippen LogP contribution < -0.4 is 11.5 Å². The lowest BCUT2D eigenvalue weighted by molar-refractivity contribution is -0.124. The molecule has 0 rings (SSSR count). The number of nitrogens with two attached hydrogens (primary N) is 2. The normalized spacial score (nSPS) is 12.7. The van der Waals surface area contributed by atoms with Crippen LogP contribution in [0.4, 0.5) is 0 Å². The van der Waals surface area contributed by atoms with E-state index in [1.807, 2.05) is 4.90 Å². The molecule has 0 aromatic heterocycles. The van der Waals surface area contributed by atoms with E-state index in [0.717, 1.165) is 25.9 Å². The van der Waals surface area contributed by atoms with Gasteiger partial charge in [-0.1, -0.05) is 13.8 Å². The summed E-state index contributed by atoms with van der Waals surface area (Å²) in [5.74, 6) is -0.762. The van der Waals surface area contributed by atoms with E-state index in [-0.39, 0.29) is 24.3 Å². The van der Waals surface area contributed by atoms with Crippen molar-refractivity contribution in [3.63, 3.8) is 0 Å². The predicted molar refractivity (Wildman–Crippen MR) is 63.6 cm³/mol. The number of carbonyl (C=O) groups excluding carboxylic acids is 2. The van der Waals surface area contributed by atoms with Gasteiger partial charge in [-0.3, -0.25) is 14.5 Å². The summed E-state index contributed by atoms with van der Waals surface area (Å²) < 4.78 is 0. The molecule has 94 valence electrons. The fraction of sp³-hybridized carbons (Fsp3) is 0.818. The van der Waals surface area contributed by atoms with E-state index in [9.17, 15) is 9.59 Å². The summed E-state index contributed by atoms with van der Waals surface area (Å²) in [6, 6.07) is -0.368. The van der Waals surface area contributed by atoms with Crippen LogP contribution in [-0.2, 0) is 9.59 Å². The minimum absolute atomic E-state index is 0.206. The van der Waals surface area contributed by atoms with E-state index in [1.54, 1.807) is 0 Å². The number of amides is 2. The zero-order valence-corrected chi connectivity index (χ0v) is 10.2. The number of rotatable bonds is 9. The maximum absolute atomic E-state index is 11.3. The molecule has 0 bridgehead atoms. The molecule has 5 heteroatoms. The lowest BCUT2D eigenvalue weighted by Gasteiger charge is -2.28. The van der Waals surface area contributed by atoms with Crippen molar-refractivity contribution in [2.24, 2.45) is 11.5 Å². The van der Waals surface area contributed by atoms with Crippen LogP contribution in [0.3, 0.4) is 0 Å². The molecule has 0 spiro atoms. The van der Waals surface area contributed by atoms with E-state index in [2.05, 4.69) is 13.8 Å². The van der Waals surface area contributed by atoms with Crippen molar-refractivity contribution in [2.45, 2.75) is 45.6 Å². The Morgan fingerprint density at radius 2 is 1.62 bits per heavy atom. The lowest BCUT2D eigenvalue weighted by Crippen LogP contribution is -2.46. The summed E-state index contributed by atoms with van der Waals surface area (Å²) in [7, 11) is 0. The first-order valence-corrected chi connectivity index (χ1v) is 5.84. The third-order valence-corrected chi connectivity index (χ3v) is 2.46. The van der Waals surface area contributed by atoms with E-state index >= 15 is 0 Å². The van der Waals surface area contributed by atoms with Crippen LogP contribution in [0.2, 0.25) is 0 Å². The minimum Gasteiger partial charge on any atom is -0.370 e. The van der Waals surface area contributed by atoms with Crippen molar-refractivity contribution in [1.82, 2.24) is 4.90 Å². The van der Waals surface area contributed by atoms with E-state index in [4.69, 9.17) is 11.5 Å². The topological polar surface area (TPSA) is 89.4 Å². The van der Waals surface area contributed by atoms with Crippen LogP contribution in [0.25, 0.3) is 0 Å². The number of carbonyl (C=O) groups is 2. The molecule has 0 saturated carbocycles. The van der Waals surface area contributed by atoms with Crippen molar-refractivity contribution in [2.75, 3.05) is 13.1 Å². The zero-order chi connectivity index (χ0) is 12.6. The molecule has 0 fully saturated rings. The van der Waals surface area contributed by atoms with Crippen LogP contribution in [-0.4, -0.2) is 35.8 Å². The SMILES string of the molecule is CCCN(CCC)C(CCC(N)=O)C(N)=O. The molecule has 0 aliphatic rings. The number of hydrogen-bond acceptors (Lipinski definition) is 3. The monoisotopic (exact) mass is 229 g/mol. The summed E-state index contributed by atoms with van der Waals surface area (Å²) in [6.45, 7) is 5.74. The van der Waals surface area contributed by atoms with Crippen molar-refractivity contribution < 1.29 is 9.59 Å². The molecule has 0 aromatic rings. The molecule has 0 aromatic carbocycles. The predicted octanol–water partition coefficient (Wildman–Crippen LogP) is 0.228. The molecule has 16 heavy (non-hydrogen) atoms. The van der Waals surface area contributed by atoms with Gasteiger partial charge in [0.15, 0.2) is 0 Å². The Balaban J connectivity index is 4.43. The van der Waals surface area contributed by atoms with Gasteiger partial charge in [0, 0.05) is 6.42 Å². The molecule has 2 amide bonds. The summed E-state index contributed by atoms with van der Waals surface area (Å²) >= 11 is 0. The van der Waals surface area contributed by atoms with Crippen LogP contribution >= 0.6 is 0 Å². The fourth-order valence-electron chi connectivity index (χ4n) is 1.78. The molecule has 0 aliphatic carbocycles. The largest absolute Gasteiger partial charge is 0.370 e. The number of hydrogen-bond donors (Lipinski definition) is 2. The minimum atomic E-state index is -0.390. The van der Waals surface area contributed by atoms with Crippen molar-refractivity contribution in [3.05, 3.63) is 0 Å². The van der Waals surface area contributed by atoms with Gasteiger partial charge >= 0.3 is 0 Å². The highest BCUT2D eigenvalue weighted by molar-refractivity contribution is 5.81. The van der Waals surface area contributed by atoms with Gasteiger partial charge in [-0.05, 0) is 32.4 Å². The number of primary amides is 2. The molecule has 1 unspecified atom stereocenters. The fourth-order valence-corrected chi connectivity index (χ4v) is 1.78. The highest BCUT2D eigenvalue weighted by Gasteiger charge is 2.22. The smallest absolute Gasteiger partial charge is 0.234 e. The van der Waals surface area contributed by atoms with Gasteiger partial charge in [-0.25, -0.2) is 0 Å². The second-order valence-electron chi connectivity index (χ2n) is 3.96. The average Bonchev–Trinajstić information content (AvgIpc) is 2.17. The Morgan fingerprint density at radius 3 is 1.94 bits per heavy atom. The van der Waals surface area contributed by atoms with E-state index in [1.165, 1.54) is 0 Å². The third kappa shape index (κ3) is 5.70. The third-order valence-electron chi connectivity index (χ3n) is 2.46.